The quantitative estimate of drug-likeness (QED) is 0.0274. The van der Waals surface area contributed by atoms with Crippen molar-refractivity contribution >= 4 is 13.7 Å². The number of carbonyl (C=O) groups is 1. The summed E-state index contributed by atoms with van der Waals surface area (Å²) in [6.07, 6.45) is 49.1. The van der Waals surface area contributed by atoms with E-state index in [-0.39, 0.29) is 12.5 Å². The third kappa shape index (κ3) is 42.6. The van der Waals surface area contributed by atoms with Crippen molar-refractivity contribution < 1.29 is 32.9 Å². The lowest BCUT2D eigenvalue weighted by molar-refractivity contribution is -0.870. The van der Waals surface area contributed by atoms with Gasteiger partial charge in [0.05, 0.1) is 39.9 Å². The normalized spacial score (nSPS) is 14.6. The molecule has 0 aromatic heterocycles. The monoisotopic (exact) mass is 825 g/mol. The molecule has 9 heteroatoms. The maximum absolute atomic E-state index is 12.9. The number of unbranched alkanes of at least 4 members (excludes halogenated alkanes) is 26. The molecule has 0 bridgehead atoms. The molecule has 0 aliphatic rings. The van der Waals surface area contributed by atoms with Gasteiger partial charge < -0.3 is 28.8 Å². The highest BCUT2D eigenvalue weighted by molar-refractivity contribution is 7.45. The summed E-state index contributed by atoms with van der Waals surface area (Å²) in [5.41, 5.74) is 0. The molecule has 1 amide bonds. The van der Waals surface area contributed by atoms with E-state index in [4.69, 9.17) is 9.05 Å². The first-order valence-electron chi connectivity index (χ1n) is 23.9. The Bertz CT molecular complexity index is 1030. The zero-order valence-corrected chi connectivity index (χ0v) is 38.9. The van der Waals surface area contributed by atoms with E-state index in [9.17, 15) is 19.4 Å². The van der Waals surface area contributed by atoms with E-state index in [2.05, 4.69) is 43.5 Å². The Labute approximate surface area is 353 Å². The molecule has 0 aliphatic heterocycles. The van der Waals surface area contributed by atoms with Gasteiger partial charge in [-0.1, -0.05) is 198 Å². The Morgan fingerprint density at radius 2 is 0.982 bits per heavy atom. The number of nitrogens with one attached hydrogen (secondary N) is 1. The lowest BCUT2D eigenvalue weighted by atomic mass is 10.0. The van der Waals surface area contributed by atoms with Gasteiger partial charge in [-0.2, -0.15) is 0 Å². The number of rotatable bonds is 43. The molecule has 0 rings (SSSR count). The van der Waals surface area contributed by atoms with Crippen molar-refractivity contribution in [1.82, 2.24) is 5.32 Å². The van der Waals surface area contributed by atoms with Gasteiger partial charge in [0.1, 0.15) is 13.2 Å². The Kier molecular flexibility index (Phi) is 39.2. The van der Waals surface area contributed by atoms with Crippen molar-refractivity contribution in [2.45, 2.75) is 225 Å². The highest BCUT2D eigenvalue weighted by atomic mass is 31.2. The number of phosphoric ester groups is 1. The van der Waals surface area contributed by atoms with Crippen molar-refractivity contribution in [3.05, 3.63) is 36.5 Å². The molecule has 336 valence electrons. The molecule has 3 atom stereocenters. The number of allylic oxidation sites excluding steroid dienone is 5. The average molecular weight is 825 g/mol. The summed E-state index contributed by atoms with van der Waals surface area (Å²) in [5, 5.41) is 13.8. The van der Waals surface area contributed by atoms with Gasteiger partial charge in [0.15, 0.2) is 0 Å². The van der Waals surface area contributed by atoms with Gasteiger partial charge in [-0.05, 0) is 44.9 Å². The second kappa shape index (κ2) is 40.1. The SMILES string of the molecule is CCCCCCCCC/C=C/CC/C=C/CC/C=C/C(O)C(COP(=O)([O-])OCC[N+](C)(C)C)NC(=O)CCCCCCCCCCCCCCCCCCCC. The fourth-order valence-corrected chi connectivity index (χ4v) is 7.50. The molecular weight excluding hydrogens is 732 g/mol. The van der Waals surface area contributed by atoms with E-state index in [0.717, 1.165) is 44.9 Å². The van der Waals surface area contributed by atoms with Gasteiger partial charge in [0.25, 0.3) is 7.82 Å². The number of phosphoric acid groups is 1. The van der Waals surface area contributed by atoms with E-state index in [1.54, 1.807) is 6.08 Å². The fraction of sp³-hybridized carbons (Fsp3) is 0.854. The fourth-order valence-electron chi connectivity index (χ4n) is 6.77. The van der Waals surface area contributed by atoms with Crippen molar-refractivity contribution in [3.8, 4) is 0 Å². The van der Waals surface area contributed by atoms with Crippen molar-refractivity contribution in [2.75, 3.05) is 40.9 Å². The van der Waals surface area contributed by atoms with Crippen LogP contribution in [-0.4, -0.2) is 68.5 Å². The van der Waals surface area contributed by atoms with Crippen LogP contribution in [0.3, 0.4) is 0 Å². The molecule has 0 fully saturated rings. The Morgan fingerprint density at radius 3 is 1.42 bits per heavy atom. The van der Waals surface area contributed by atoms with Gasteiger partial charge in [-0.3, -0.25) is 9.36 Å². The van der Waals surface area contributed by atoms with E-state index >= 15 is 0 Å². The van der Waals surface area contributed by atoms with Crippen LogP contribution in [0.25, 0.3) is 0 Å². The maximum atomic E-state index is 12.9. The van der Waals surface area contributed by atoms with Crippen LogP contribution >= 0.6 is 7.82 Å². The second-order valence-corrected chi connectivity index (χ2v) is 18.9. The standard InChI is InChI=1S/C48H93N2O6P/c1-6-8-10-12-14-16-18-20-22-24-26-28-30-32-34-36-38-40-42-48(52)49-46(45-56-57(53,54)55-44-43-50(3,4)5)47(51)41-39-37-35-33-31-29-27-25-23-21-19-17-15-13-11-9-7-2/h23,25,31,33,39,41,46-47,51H,6-22,24,26-30,32,34-38,40,42-45H2,1-5H3,(H-,49,52,53,54)/b25-23+,33-31+,41-39+. The molecule has 2 N–H and O–H groups in total. The molecule has 0 heterocycles. The largest absolute Gasteiger partial charge is 0.756 e. The minimum Gasteiger partial charge on any atom is -0.756 e. The van der Waals surface area contributed by atoms with Crippen LogP contribution in [0.4, 0.5) is 0 Å². The number of nitrogens with zero attached hydrogens (tertiary/aromatic N) is 1. The van der Waals surface area contributed by atoms with Crippen LogP contribution in [0.15, 0.2) is 36.5 Å². The van der Waals surface area contributed by atoms with Crippen LogP contribution in [0.1, 0.15) is 213 Å². The second-order valence-electron chi connectivity index (χ2n) is 17.5. The van der Waals surface area contributed by atoms with Crippen LogP contribution in [-0.2, 0) is 18.4 Å². The smallest absolute Gasteiger partial charge is 0.268 e. The molecule has 57 heavy (non-hydrogen) atoms. The Balaban J connectivity index is 4.43. The van der Waals surface area contributed by atoms with E-state index in [1.165, 1.54) is 148 Å². The third-order valence-electron chi connectivity index (χ3n) is 10.6. The molecule has 0 saturated carbocycles. The predicted octanol–water partition coefficient (Wildman–Crippen LogP) is 12.8. The maximum Gasteiger partial charge on any atom is 0.268 e. The summed E-state index contributed by atoms with van der Waals surface area (Å²) >= 11 is 0. The number of aliphatic hydroxyl groups is 1. The van der Waals surface area contributed by atoms with E-state index < -0.39 is 26.6 Å². The summed E-state index contributed by atoms with van der Waals surface area (Å²) in [5.74, 6) is -0.210. The molecule has 8 nitrogen and oxygen atoms in total. The topological polar surface area (TPSA) is 108 Å². The number of quaternary nitrogens is 1. The molecule has 0 aromatic carbocycles. The summed E-state index contributed by atoms with van der Waals surface area (Å²) < 4.78 is 23.2. The molecule has 0 radical (unpaired) electrons. The Hall–Kier alpha value is -1.28. The lowest BCUT2D eigenvalue weighted by Crippen LogP contribution is -2.45. The number of hydrogen-bond donors (Lipinski definition) is 2. The molecule has 3 unspecified atom stereocenters. The van der Waals surface area contributed by atoms with E-state index in [1.807, 2.05) is 27.2 Å². The van der Waals surface area contributed by atoms with Crippen molar-refractivity contribution in [2.24, 2.45) is 0 Å². The van der Waals surface area contributed by atoms with E-state index in [0.29, 0.717) is 17.4 Å². The lowest BCUT2D eigenvalue weighted by Gasteiger charge is -2.29. The van der Waals surface area contributed by atoms with Crippen LogP contribution in [0.2, 0.25) is 0 Å². The first-order valence-corrected chi connectivity index (χ1v) is 25.3. The summed E-state index contributed by atoms with van der Waals surface area (Å²) in [4.78, 5) is 25.3. The highest BCUT2D eigenvalue weighted by Gasteiger charge is 2.23. The number of likely N-dealkylation sites (N-methyl/N-ethyl adjacent to an activating group) is 1. The minimum atomic E-state index is -4.60. The predicted molar refractivity (Wildman–Crippen MR) is 242 cm³/mol. The first kappa shape index (κ1) is 55.7. The van der Waals surface area contributed by atoms with Crippen LogP contribution < -0.4 is 10.2 Å². The van der Waals surface area contributed by atoms with Gasteiger partial charge in [-0.15, -0.1) is 0 Å². The van der Waals surface area contributed by atoms with Crippen LogP contribution in [0.5, 0.6) is 0 Å². The summed E-state index contributed by atoms with van der Waals surface area (Å²) in [7, 11) is 1.24. The number of hydrogen-bond acceptors (Lipinski definition) is 6. The third-order valence-corrected chi connectivity index (χ3v) is 11.5. The van der Waals surface area contributed by atoms with Crippen LogP contribution in [0, 0.1) is 0 Å². The average Bonchev–Trinajstić information content (AvgIpc) is 3.16. The Morgan fingerprint density at radius 1 is 0.596 bits per heavy atom. The minimum absolute atomic E-state index is 0.00776. The van der Waals surface area contributed by atoms with Gasteiger partial charge >= 0.3 is 0 Å². The molecule has 0 aromatic rings. The zero-order chi connectivity index (χ0) is 42.1. The number of carbonyl (C=O) groups excluding carboxylic acids is 1. The highest BCUT2D eigenvalue weighted by Crippen LogP contribution is 2.38. The molecule has 0 saturated heterocycles. The molecule has 0 aliphatic carbocycles. The molecular formula is C48H93N2O6P. The van der Waals surface area contributed by atoms with Gasteiger partial charge in [-0.25, -0.2) is 0 Å². The summed E-state index contributed by atoms with van der Waals surface area (Å²) in [6.45, 7) is 4.62. The molecule has 0 spiro atoms. The first-order chi connectivity index (χ1) is 27.5. The van der Waals surface area contributed by atoms with Crippen molar-refractivity contribution in [1.29, 1.82) is 0 Å². The zero-order valence-electron chi connectivity index (χ0n) is 38.0. The summed E-state index contributed by atoms with van der Waals surface area (Å²) in [6, 6.07) is -0.906. The number of amides is 1. The number of aliphatic hydroxyl groups excluding tert-OH is 1. The van der Waals surface area contributed by atoms with Gasteiger partial charge in [0, 0.05) is 6.42 Å². The van der Waals surface area contributed by atoms with Crippen molar-refractivity contribution in [3.63, 3.8) is 0 Å². The van der Waals surface area contributed by atoms with Gasteiger partial charge in [0.2, 0.25) is 5.91 Å².